The Balaban J connectivity index is 2.23. The first-order chi connectivity index (χ1) is 8.97. The minimum absolute atomic E-state index is 0.163. The SMILES string of the molecule is Cc1ccc(CNc2cc(Br)c(F)cc2[N+](=O)[O-])o1. The lowest BCUT2D eigenvalue weighted by molar-refractivity contribution is -0.384. The fourth-order valence-corrected chi connectivity index (χ4v) is 1.93. The van der Waals surface area contributed by atoms with Crippen LogP contribution in [0.15, 0.2) is 33.2 Å². The second-order valence-corrected chi connectivity index (χ2v) is 4.76. The van der Waals surface area contributed by atoms with Gasteiger partial charge in [0.05, 0.1) is 22.0 Å². The van der Waals surface area contributed by atoms with Crippen LogP contribution >= 0.6 is 15.9 Å². The van der Waals surface area contributed by atoms with Crippen LogP contribution in [-0.2, 0) is 6.54 Å². The molecule has 2 rings (SSSR count). The number of hydrogen-bond acceptors (Lipinski definition) is 4. The highest BCUT2D eigenvalue weighted by Crippen LogP contribution is 2.30. The molecule has 5 nitrogen and oxygen atoms in total. The van der Waals surface area contributed by atoms with Crippen LogP contribution in [0.25, 0.3) is 0 Å². The van der Waals surface area contributed by atoms with Crippen molar-refractivity contribution < 1.29 is 13.7 Å². The van der Waals surface area contributed by atoms with E-state index in [9.17, 15) is 14.5 Å². The van der Waals surface area contributed by atoms with Crippen LogP contribution in [0.3, 0.4) is 0 Å². The van der Waals surface area contributed by atoms with Gasteiger partial charge in [-0.05, 0) is 41.1 Å². The molecule has 0 unspecified atom stereocenters. The molecule has 7 heteroatoms. The molecule has 1 N–H and O–H groups in total. The van der Waals surface area contributed by atoms with Gasteiger partial charge in [0, 0.05) is 0 Å². The molecule has 2 aromatic rings. The molecule has 0 saturated heterocycles. The third-order valence-electron chi connectivity index (χ3n) is 2.48. The Hall–Kier alpha value is -1.89. The monoisotopic (exact) mass is 328 g/mol. The van der Waals surface area contributed by atoms with Crippen molar-refractivity contribution in [2.24, 2.45) is 0 Å². The largest absolute Gasteiger partial charge is 0.465 e. The first-order valence-electron chi connectivity index (χ1n) is 5.40. The van der Waals surface area contributed by atoms with Gasteiger partial charge in [-0.1, -0.05) is 0 Å². The first-order valence-corrected chi connectivity index (χ1v) is 6.19. The van der Waals surface area contributed by atoms with Gasteiger partial charge in [0.2, 0.25) is 0 Å². The molecule has 0 radical (unpaired) electrons. The number of anilines is 1. The lowest BCUT2D eigenvalue weighted by Crippen LogP contribution is -2.02. The van der Waals surface area contributed by atoms with E-state index >= 15 is 0 Å². The summed E-state index contributed by atoms with van der Waals surface area (Å²) in [5.74, 6) is 0.727. The van der Waals surface area contributed by atoms with E-state index in [1.807, 2.05) is 0 Å². The molecule has 0 fully saturated rings. The Bertz CT molecular complexity index is 627. The van der Waals surface area contributed by atoms with Crippen LogP contribution in [0.1, 0.15) is 11.5 Å². The van der Waals surface area contributed by atoms with Crippen molar-refractivity contribution in [3.8, 4) is 0 Å². The molecule has 19 heavy (non-hydrogen) atoms. The van der Waals surface area contributed by atoms with E-state index in [1.54, 1.807) is 19.1 Å². The summed E-state index contributed by atoms with van der Waals surface area (Å²) >= 11 is 3.00. The number of benzene rings is 1. The van der Waals surface area contributed by atoms with Crippen molar-refractivity contribution in [2.45, 2.75) is 13.5 Å². The number of rotatable bonds is 4. The maximum absolute atomic E-state index is 13.3. The molecule has 0 aliphatic carbocycles. The van der Waals surface area contributed by atoms with Crippen molar-refractivity contribution in [3.63, 3.8) is 0 Å². The lowest BCUT2D eigenvalue weighted by Gasteiger charge is -2.06. The van der Waals surface area contributed by atoms with Gasteiger partial charge in [-0.15, -0.1) is 0 Å². The quantitative estimate of drug-likeness (QED) is 0.680. The van der Waals surface area contributed by atoms with Crippen molar-refractivity contribution in [3.05, 3.63) is 56.2 Å². The summed E-state index contributed by atoms with van der Waals surface area (Å²) in [5.41, 5.74) is -0.0868. The number of halogens is 2. The third kappa shape index (κ3) is 3.11. The number of nitro benzene ring substituents is 1. The summed E-state index contributed by atoms with van der Waals surface area (Å²) in [6, 6.07) is 5.78. The average molecular weight is 329 g/mol. The van der Waals surface area contributed by atoms with Gasteiger partial charge in [0.1, 0.15) is 23.0 Å². The zero-order chi connectivity index (χ0) is 14.0. The normalized spacial score (nSPS) is 10.5. The molecule has 1 aromatic carbocycles. The van der Waals surface area contributed by atoms with E-state index in [2.05, 4.69) is 21.2 Å². The molecule has 100 valence electrons. The van der Waals surface area contributed by atoms with Crippen LogP contribution in [0, 0.1) is 22.9 Å². The standard InChI is InChI=1S/C12H10BrFN2O3/c1-7-2-3-8(19-7)6-15-11-4-9(13)10(14)5-12(11)16(17)18/h2-5,15H,6H2,1H3. The Morgan fingerprint density at radius 2 is 2.21 bits per heavy atom. The first kappa shape index (κ1) is 13.5. The minimum atomic E-state index is -0.675. The number of nitrogens with one attached hydrogen (secondary N) is 1. The summed E-state index contributed by atoms with van der Waals surface area (Å²) in [6.07, 6.45) is 0. The van der Waals surface area contributed by atoms with Crippen LogP contribution in [-0.4, -0.2) is 4.92 Å². The van der Waals surface area contributed by atoms with Gasteiger partial charge in [0.25, 0.3) is 5.69 Å². The van der Waals surface area contributed by atoms with E-state index in [0.717, 1.165) is 11.8 Å². The van der Waals surface area contributed by atoms with E-state index < -0.39 is 10.7 Å². The summed E-state index contributed by atoms with van der Waals surface area (Å²) in [4.78, 5) is 10.2. The summed E-state index contributed by atoms with van der Waals surface area (Å²) in [5, 5.41) is 13.7. The van der Waals surface area contributed by atoms with Crippen molar-refractivity contribution in [2.75, 3.05) is 5.32 Å². The molecule has 1 heterocycles. The van der Waals surface area contributed by atoms with Crippen molar-refractivity contribution in [1.29, 1.82) is 0 Å². The van der Waals surface area contributed by atoms with Crippen LogP contribution in [0.2, 0.25) is 0 Å². The highest BCUT2D eigenvalue weighted by Gasteiger charge is 2.17. The lowest BCUT2D eigenvalue weighted by atomic mass is 10.2. The van der Waals surface area contributed by atoms with Crippen LogP contribution in [0.5, 0.6) is 0 Å². The average Bonchev–Trinajstić information content (AvgIpc) is 2.76. The van der Waals surface area contributed by atoms with Gasteiger partial charge >= 0.3 is 0 Å². The van der Waals surface area contributed by atoms with Gasteiger partial charge in [-0.2, -0.15) is 0 Å². The van der Waals surface area contributed by atoms with Crippen LogP contribution < -0.4 is 5.32 Å². The molecule has 0 amide bonds. The summed E-state index contributed by atoms with van der Waals surface area (Å²) in [7, 11) is 0. The van der Waals surface area contributed by atoms with Crippen LogP contribution in [0.4, 0.5) is 15.8 Å². The van der Waals surface area contributed by atoms with Gasteiger partial charge < -0.3 is 9.73 Å². The zero-order valence-corrected chi connectivity index (χ0v) is 11.5. The maximum Gasteiger partial charge on any atom is 0.295 e. The predicted molar refractivity (Wildman–Crippen MR) is 71.5 cm³/mol. The van der Waals surface area contributed by atoms with E-state index in [1.165, 1.54) is 6.07 Å². The topological polar surface area (TPSA) is 68.3 Å². The molecule has 0 atom stereocenters. The molecule has 0 aliphatic heterocycles. The van der Waals surface area contributed by atoms with E-state index in [4.69, 9.17) is 4.42 Å². The predicted octanol–water partition coefficient (Wildman–Crippen LogP) is 4.01. The van der Waals surface area contributed by atoms with Gasteiger partial charge in [-0.3, -0.25) is 10.1 Å². The van der Waals surface area contributed by atoms with E-state index in [-0.39, 0.29) is 22.4 Å². The number of hydrogen-bond donors (Lipinski definition) is 1. The van der Waals surface area contributed by atoms with Gasteiger partial charge in [0.15, 0.2) is 0 Å². The fraction of sp³-hybridized carbons (Fsp3) is 0.167. The molecule has 0 bridgehead atoms. The second kappa shape index (κ2) is 5.40. The number of aryl methyl sites for hydroxylation is 1. The van der Waals surface area contributed by atoms with Gasteiger partial charge in [-0.25, -0.2) is 4.39 Å². The molecule has 1 aromatic heterocycles. The third-order valence-corrected chi connectivity index (χ3v) is 3.09. The molecular formula is C12H10BrFN2O3. The van der Waals surface area contributed by atoms with E-state index in [0.29, 0.717) is 5.76 Å². The van der Waals surface area contributed by atoms with Crippen molar-refractivity contribution >= 4 is 27.3 Å². The number of nitrogens with zero attached hydrogens (tertiary/aromatic N) is 1. The molecule has 0 spiro atoms. The maximum atomic E-state index is 13.3. The van der Waals surface area contributed by atoms with Crippen molar-refractivity contribution in [1.82, 2.24) is 0 Å². The Kier molecular flexibility index (Phi) is 3.84. The smallest absolute Gasteiger partial charge is 0.295 e. The number of nitro groups is 1. The molecule has 0 saturated carbocycles. The number of furan rings is 1. The minimum Gasteiger partial charge on any atom is -0.465 e. The fourth-order valence-electron chi connectivity index (χ4n) is 1.59. The molecule has 0 aliphatic rings. The highest BCUT2D eigenvalue weighted by molar-refractivity contribution is 9.10. The zero-order valence-electron chi connectivity index (χ0n) is 9.94. The Labute approximate surface area is 116 Å². The Morgan fingerprint density at radius 3 is 2.79 bits per heavy atom. The summed E-state index contributed by atoms with van der Waals surface area (Å²) < 4.78 is 18.8. The summed E-state index contributed by atoms with van der Waals surface area (Å²) in [6.45, 7) is 2.09. The Morgan fingerprint density at radius 1 is 1.47 bits per heavy atom. The molecular weight excluding hydrogens is 319 g/mol. The highest BCUT2D eigenvalue weighted by atomic mass is 79.9. The second-order valence-electron chi connectivity index (χ2n) is 3.91.